The van der Waals surface area contributed by atoms with Crippen molar-refractivity contribution in [3.8, 4) is 11.5 Å². The molecule has 1 N–H and O–H groups in total. The lowest BCUT2D eigenvalue weighted by Gasteiger charge is -2.14. The SMILES string of the molecule is C[C@@H](Cn1cccn1)Nc1ccc(-c2nc(Cc3ccc(F)cc3)no2)cn1. The molecule has 0 saturated heterocycles. The molecule has 0 bridgehead atoms. The molecule has 4 aromatic rings. The van der Waals surface area contributed by atoms with Crippen LogP contribution in [0.25, 0.3) is 11.5 Å². The molecule has 0 spiro atoms. The normalized spacial score (nSPS) is 12.1. The van der Waals surface area contributed by atoms with Crippen LogP contribution in [0, 0.1) is 5.82 Å². The van der Waals surface area contributed by atoms with E-state index in [1.807, 2.05) is 29.1 Å². The van der Waals surface area contributed by atoms with Gasteiger partial charge in [-0.3, -0.25) is 4.68 Å². The molecule has 0 aliphatic heterocycles. The zero-order valence-corrected chi connectivity index (χ0v) is 15.3. The molecule has 28 heavy (non-hydrogen) atoms. The van der Waals surface area contributed by atoms with Crippen molar-refractivity contribution in [1.29, 1.82) is 0 Å². The van der Waals surface area contributed by atoms with E-state index in [9.17, 15) is 4.39 Å². The van der Waals surface area contributed by atoms with E-state index in [4.69, 9.17) is 4.52 Å². The number of pyridine rings is 1. The molecule has 0 amide bonds. The number of aromatic nitrogens is 5. The summed E-state index contributed by atoms with van der Waals surface area (Å²) in [5.41, 5.74) is 1.65. The predicted octanol–water partition coefficient (Wildman–Crippen LogP) is 3.56. The molecule has 4 rings (SSSR count). The lowest BCUT2D eigenvalue weighted by atomic mass is 10.1. The van der Waals surface area contributed by atoms with Crippen molar-refractivity contribution in [2.45, 2.75) is 25.9 Å². The average Bonchev–Trinajstić information content (AvgIpc) is 3.36. The lowest BCUT2D eigenvalue weighted by Crippen LogP contribution is -2.22. The second kappa shape index (κ2) is 7.99. The summed E-state index contributed by atoms with van der Waals surface area (Å²) in [6, 6.07) is 12.1. The highest BCUT2D eigenvalue weighted by Gasteiger charge is 2.11. The highest BCUT2D eigenvalue weighted by molar-refractivity contribution is 5.54. The third-order valence-corrected chi connectivity index (χ3v) is 4.17. The van der Waals surface area contributed by atoms with Gasteiger partial charge in [-0.2, -0.15) is 10.1 Å². The minimum Gasteiger partial charge on any atom is -0.366 e. The summed E-state index contributed by atoms with van der Waals surface area (Å²) in [7, 11) is 0. The summed E-state index contributed by atoms with van der Waals surface area (Å²) >= 11 is 0. The van der Waals surface area contributed by atoms with Crippen molar-refractivity contribution in [3.63, 3.8) is 0 Å². The van der Waals surface area contributed by atoms with E-state index in [1.165, 1.54) is 12.1 Å². The fourth-order valence-corrected chi connectivity index (χ4v) is 2.82. The van der Waals surface area contributed by atoms with E-state index < -0.39 is 0 Å². The van der Waals surface area contributed by atoms with Gasteiger partial charge in [-0.1, -0.05) is 17.3 Å². The summed E-state index contributed by atoms with van der Waals surface area (Å²) in [5.74, 6) is 1.43. The van der Waals surface area contributed by atoms with Gasteiger partial charge in [0, 0.05) is 31.1 Å². The van der Waals surface area contributed by atoms with Crippen molar-refractivity contribution in [2.24, 2.45) is 0 Å². The maximum Gasteiger partial charge on any atom is 0.259 e. The van der Waals surface area contributed by atoms with Crippen LogP contribution in [0.4, 0.5) is 10.2 Å². The van der Waals surface area contributed by atoms with Gasteiger partial charge in [0.15, 0.2) is 5.82 Å². The first-order valence-corrected chi connectivity index (χ1v) is 8.93. The van der Waals surface area contributed by atoms with Crippen LogP contribution in [-0.2, 0) is 13.0 Å². The van der Waals surface area contributed by atoms with Gasteiger partial charge < -0.3 is 9.84 Å². The number of halogens is 1. The fraction of sp³-hybridized carbons (Fsp3) is 0.200. The van der Waals surface area contributed by atoms with Crippen LogP contribution in [0.15, 0.2) is 65.6 Å². The largest absolute Gasteiger partial charge is 0.366 e. The molecular weight excluding hydrogens is 359 g/mol. The third-order valence-electron chi connectivity index (χ3n) is 4.17. The molecule has 142 valence electrons. The van der Waals surface area contributed by atoms with E-state index >= 15 is 0 Å². The minimum atomic E-state index is -0.267. The van der Waals surface area contributed by atoms with Crippen LogP contribution in [-0.4, -0.2) is 30.9 Å². The molecule has 1 aromatic carbocycles. The highest BCUT2D eigenvalue weighted by atomic mass is 19.1. The van der Waals surface area contributed by atoms with Crippen LogP contribution in [0.3, 0.4) is 0 Å². The van der Waals surface area contributed by atoms with Crippen molar-refractivity contribution in [1.82, 2.24) is 24.9 Å². The smallest absolute Gasteiger partial charge is 0.259 e. The van der Waals surface area contributed by atoms with Crippen molar-refractivity contribution in [3.05, 3.63) is 78.3 Å². The van der Waals surface area contributed by atoms with Gasteiger partial charge in [-0.05, 0) is 42.8 Å². The van der Waals surface area contributed by atoms with Crippen molar-refractivity contribution >= 4 is 5.82 Å². The van der Waals surface area contributed by atoms with Crippen LogP contribution in [0.5, 0.6) is 0 Å². The first-order valence-electron chi connectivity index (χ1n) is 8.93. The molecular formula is C20H19FN6O. The van der Waals surface area contributed by atoms with Crippen LogP contribution >= 0.6 is 0 Å². The molecule has 0 aliphatic rings. The van der Waals surface area contributed by atoms with Gasteiger partial charge in [0.2, 0.25) is 0 Å². The number of hydrogen-bond donors (Lipinski definition) is 1. The number of hydrogen-bond acceptors (Lipinski definition) is 6. The third kappa shape index (κ3) is 4.40. The Bertz CT molecular complexity index is 1010. The molecule has 0 radical (unpaired) electrons. The number of benzene rings is 1. The van der Waals surface area contributed by atoms with Crippen molar-refractivity contribution < 1.29 is 8.91 Å². The molecule has 8 heteroatoms. The number of rotatable bonds is 7. The monoisotopic (exact) mass is 378 g/mol. The summed E-state index contributed by atoms with van der Waals surface area (Å²) in [4.78, 5) is 8.81. The van der Waals surface area contributed by atoms with Gasteiger partial charge in [0.05, 0.1) is 12.1 Å². The maximum absolute atomic E-state index is 13.0. The first-order chi connectivity index (χ1) is 13.7. The molecule has 3 heterocycles. The van der Waals surface area contributed by atoms with E-state index in [0.29, 0.717) is 18.1 Å². The molecule has 0 unspecified atom stereocenters. The average molecular weight is 378 g/mol. The summed E-state index contributed by atoms with van der Waals surface area (Å²) in [6.07, 6.45) is 5.85. The number of anilines is 1. The minimum absolute atomic E-state index is 0.170. The molecule has 0 saturated carbocycles. The van der Waals surface area contributed by atoms with Gasteiger partial charge >= 0.3 is 0 Å². The Morgan fingerprint density at radius 1 is 1.18 bits per heavy atom. The second-order valence-corrected chi connectivity index (χ2v) is 6.52. The van der Waals surface area contributed by atoms with Gasteiger partial charge in [0.1, 0.15) is 11.6 Å². The topological polar surface area (TPSA) is 81.7 Å². The van der Waals surface area contributed by atoms with Gasteiger partial charge in [-0.15, -0.1) is 0 Å². The quantitative estimate of drug-likeness (QED) is 0.530. The highest BCUT2D eigenvalue weighted by Crippen LogP contribution is 2.19. The number of nitrogens with one attached hydrogen (secondary N) is 1. The lowest BCUT2D eigenvalue weighted by molar-refractivity contribution is 0.424. The second-order valence-electron chi connectivity index (χ2n) is 6.52. The number of nitrogens with zero attached hydrogens (tertiary/aromatic N) is 5. The molecule has 3 aromatic heterocycles. The first kappa shape index (κ1) is 17.8. The van der Waals surface area contributed by atoms with Crippen LogP contribution in [0.1, 0.15) is 18.3 Å². The molecule has 0 aliphatic carbocycles. The molecule has 1 atom stereocenters. The summed E-state index contributed by atoms with van der Waals surface area (Å²) < 4.78 is 20.2. The van der Waals surface area contributed by atoms with Gasteiger partial charge in [0.25, 0.3) is 5.89 Å². The van der Waals surface area contributed by atoms with Crippen molar-refractivity contribution in [2.75, 3.05) is 5.32 Å². The Kier molecular flexibility index (Phi) is 5.09. The van der Waals surface area contributed by atoms with Crippen LogP contribution < -0.4 is 5.32 Å². The standard InChI is InChI=1S/C20H19FN6O/c1-14(13-27-10-2-9-23-27)24-18-8-5-16(12-22-18)20-25-19(26-28-20)11-15-3-6-17(21)7-4-15/h2-10,12,14H,11,13H2,1H3,(H,22,24)/t14-/m0/s1. The Labute approximate surface area is 161 Å². The predicted molar refractivity (Wildman–Crippen MR) is 102 cm³/mol. The van der Waals surface area contributed by atoms with E-state index in [2.05, 4.69) is 32.5 Å². The Hall–Kier alpha value is -3.55. The maximum atomic E-state index is 13.0. The zero-order chi connectivity index (χ0) is 19.3. The molecule has 7 nitrogen and oxygen atoms in total. The van der Waals surface area contributed by atoms with E-state index in [1.54, 1.807) is 24.5 Å². The fourth-order valence-electron chi connectivity index (χ4n) is 2.82. The van der Waals surface area contributed by atoms with Crippen LogP contribution in [0.2, 0.25) is 0 Å². The Morgan fingerprint density at radius 3 is 2.75 bits per heavy atom. The Morgan fingerprint density at radius 2 is 2.04 bits per heavy atom. The van der Waals surface area contributed by atoms with E-state index in [0.717, 1.165) is 23.5 Å². The Balaban J connectivity index is 1.38. The zero-order valence-electron chi connectivity index (χ0n) is 15.3. The summed E-state index contributed by atoms with van der Waals surface area (Å²) in [5, 5.41) is 11.5. The summed E-state index contributed by atoms with van der Waals surface area (Å²) in [6.45, 7) is 2.81. The molecule has 0 fully saturated rings. The van der Waals surface area contributed by atoms with E-state index in [-0.39, 0.29) is 11.9 Å². The van der Waals surface area contributed by atoms with Gasteiger partial charge in [-0.25, -0.2) is 9.37 Å².